The highest BCUT2D eigenvalue weighted by Crippen LogP contribution is 2.29. The van der Waals surface area contributed by atoms with Crippen molar-refractivity contribution in [1.82, 2.24) is 0 Å². The molecule has 1 saturated carbocycles. The molecule has 1 aromatic carbocycles. The highest BCUT2D eigenvalue weighted by atomic mass is 14.6. The van der Waals surface area contributed by atoms with Crippen molar-refractivity contribution in [2.24, 2.45) is 11.7 Å². The molecule has 0 aliphatic heterocycles. The van der Waals surface area contributed by atoms with Gasteiger partial charge in [0.1, 0.15) is 0 Å². The summed E-state index contributed by atoms with van der Waals surface area (Å²) in [7, 11) is 0. The maximum absolute atomic E-state index is 6.32. The smallest absolute Gasteiger partial charge is 0.0297 e. The first-order chi connectivity index (χ1) is 8.36. The number of benzene rings is 1. The first-order valence-electron chi connectivity index (χ1n) is 7.17. The molecule has 1 aliphatic rings. The second kappa shape index (κ2) is 6.80. The third-order valence-electron chi connectivity index (χ3n) is 4.04. The van der Waals surface area contributed by atoms with Gasteiger partial charge in [-0.05, 0) is 17.9 Å². The summed E-state index contributed by atoms with van der Waals surface area (Å²) < 4.78 is 0. The molecule has 1 aromatic rings. The van der Waals surface area contributed by atoms with Crippen LogP contribution < -0.4 is 5.73 Å². The molecule has 0 heterocycles. The van der Waals surface area contributed by atoms with Crippen LogP contribution in [0.3, 0.4) is 0 Å². The Kier molecular flexibility index (Phi) is 5.06. The van der Waals surface area contributed by atoms with E-state index in [1.54, 1.807) is 0 Å². The Labute approximate surface area is 105 Å². The van der Waals surface area contributed by atoms with Crippen molar-refractivity contribution in [2.75, 3.05) is 0 Å². The van der Waals surface area contributed by atoms with E-state index in [0.29, 0.717) is 0 Å². The zero-order chi connectivity index (χ0) is 11.9. The van der Waals surface area contributed by atoms with E-state index in [0.717, 1.165) is 5.92 Å². The summed E-state index contributed by atoms with van der Waals surface area (Å²) in [6.07, 6.45) is 11.1. The van der Waals surface area contributed by atoms with Crippen LogP contribution in [0, 0.1) is 5.92 Å². The molecule has 0 bridgehead atoms. The maximum atomic E-state index is 6.32. The zero-order valence-electron chi connectivity index (χ0n) is 10.8. The lowest BCUT2D eigenvalue weighted by atomic mass is 9.85. The predicted molar refractivity (Wildman–Crippen MR) is 73.8 cm³/mol. The molecule has 0 spiro atoms. The van der Waals surface area contributed by atoms with Gasteiger partial charge in [-0.25, -0.2) is 0 Å². The lowest BCUT2D eigenvalue weighted by Crippen LogP contribution is -2.16. The van der Waals surface area contributed by atoms with Gasteiger partial charge < -0.3 is 5.73 Å². The summed E-state index contributed by atoms with van der Waals surface area (Å²) >= 11 is 0. The number of hydrogen-bond donors (Lipinski definition) is 1. The van der Waals surface area contributed by atoms with Crippen LogP contribution >= 0.6 is 0 Å². The predicted octanol–water partition coefficient (Wildman–Crippen LogP) is 4.44. The summed E-state index contributed by atoms with van der Waals surface area (Å²) in [6.45, 7) is 0. The fraction of sp³-hybridized carbons (Fsp3) is 0.625. The average molecular weight is 231 g/mol. The first-order valence-corrected chi connectivity index (χ1v) is 7.17. The van der Waals surface area contributed by atoms with E-state index in [9.17, 15) is 0 Å². The normalized spacial score (nSPS) is 20.5. The van der Waals surface area contributed by atoms with Gasteiger partial charge in [-0.1, -0.05) is 75.3 Å². The second-order valence-corrected chi connectivity index (χ2v) is 5.46. The van der Waals surface area contributed by atoms with Gasteiger partial charge in [0.05, 0.1) is 0 Å². The Morgan fingerprint density at radius 3 is 2.18 bits per heavy atom. The number of rotatable bonds is 3. The number of nitrogens with two attached hydrogens (primary N) is 1. The van der Waals surface area contributed by atoms with Gasteiger partial charge in [0, 0.05) is 6.04 Å². The van der Waals surface area contributed by atoms with Gasteiger partial charge in [-0.2, -0.15) is 0 Å². The van der Waals surface area contributed by atoms with Crippen molar-refractivity contribution in [3.8, 4) is 0 Å². The van der Waals surface area contributed by atoms with Crippen molar-refractivity contribution in [3.63, 3.8) is 0 Å². The largest absolute Gasteiger partial charge is 0.324 e. The third kappa shape index (κ3) is 4.16. The lowest BCUT2D eigenvalue weighted by Gasteiger charge is -2.23. The monoisotopic (exact) mass is 231 g/mol. The molecule has 2 N–H and O–H groups in total. The van der Waals surface area contributed by atoms with Gasteiger partial charge in [0.25, 0.3) is 0 Å². The summed E-state index contributed by atoms with van der Waals surface area (Å²) in [5.74, 6) is 0.852. The molecule has 1 atom stereocenters. The van der Waals surface area contributed by atoms with Crippen LogP contribution in [0.4, 0.5) is 0 Å². The summed E-state index contributed by atoms with van der Waals surface area (Å²) in [5, 5.41) is 0. The third-order valence-corrected chi connectivity index (χ3v) is 4.04. The highest BCUT2D eigenvalue weighted by Gasteiger charge is 2.15. The molecule has 0 amide bonds. The molecular formula is C16H25N. The second-order valence-electron chi connectivity index (χ2n) is 5.46. The molecule has 2 rings (SSSR count). The van der Waals surface area contributed by atoms with Gasteiger partial charge in [0.15, 0.2) is 0 Å². The molecule has 1 aliphatic carbocycles. The maximum Gasteiger partial charge on any atom is 0.0297 e. The summed E-state index contributed by atoms with van der Waals surface area (Å²) in [5.41, 5.74) is 7.62. The van der Waals surface area contributed by atoms with Crippen molar-refractivity contribution in [2.45, 2.75) is 57.4 Å². The molecule has 1 nitrogen and oxygen atoms in total. The molecular weight excluding hydrogens is 206 g/mol. The number of hydrogen-bond acceptors (Lipinski definition) is 1. The van der Waals surface area contributed by atoms with E-state index in [2.05, 4.69) is 30.3 Å². The molecule has 1 heteroatoms. The fourth-order valence-electron chi connectivity index (χ4n) is 2.97. The van der Waals surface area contributed by atoms with Crippen molar-refractivity contribution >= 4 is 0 Å². The SMILES string of the molecule is NC(CC1CCCCCCC1)c1ccccc1. The Balaban J connectivity index is 1.86. The minimum atomic E-state index is 0.237. The van der Waals surface area contributed by atoms with Crippen LogP contribution in [0.2, 0.25) is 0 Å². The summed E-state index contributed by atoms with van der Waals surface area (Å²) in [6, 6.07) is 10.8. The van der Waals surface area contributed by atoms with Crippen LogP contribution in [-0.2, 0) is 0 Å². The average Bonchev–Trinajstić information content (AvgIpc) is 2.33. The Morgan fingerprint density at radius 1 is 0.941 bits per heavy atom. The van der Waals surface area contributed by atoms with E-state index in [-0.39, 0.29) is 6.04 Å². The highest BCUT2D eigenvalue weighted by molar-refractivity contribution is 5.18. The van der Waals surface area contributed by atoms with Crippen LogP contribution in [0.15, 0.2) is 30.3 Å². The lowest BCUT2D eigenvalue weighted by molar-refractivity contribution is 0.338. The quantitative estimate of drug-likeness (QED) is 0.818. The van der Waals surface area contributed by atoms with E-state index in [1.165, 1.54) is 56.9 Å². The molecule has 0 saturated heterocycles. The minimum absolute atomic E-state index is 0.237. The standard InChI is InChI=1S/C16H25N/c17-16(15-11-7-4-8-12-15)13-14-9-5-2-1-3-6-10-14/h4,7-8,11-12,14,16H,1-3,5-6,9-10,13,17H2. The topological polar surface area (TPSA) is 26.0 Å². The van der Waals surface area contributed by atoms with Crippen LogP contribution in [0.5, 0.6) is 0 Å². The van der Waals surface area contributed by atoms with Crippen molar-refractivity contribution in [1.29, 1.82) is 0 Å². The fourth-order valence-corrected chi connectivity index (χ4v) is 2.97. The Morgan fingerprint density at radius 2 is 1.53 bits per heavy atom. The minimum Gasteiger partial charge on any atom is -0.324 e. The van der Waals surface area contributed by atoms with Crippen LogP contribution in [-0.4, -0.2) is 0 Å². The first kappa shape index (κ1) is 12.6. The molecule has 94 valence electrons. The van der Waals surface area contributed by atoms with Crippen molar-refractivity contribution in [3.05, 3.63) is 35.9 Å². The summed E-state index contributed by atoms with van der Waals surface area (Å²) in [4.78, 5) is 0. The molecule has 1 unspecified atom stereocenters. The molecule has 1 fully saturated rings. The van der Waals surface area contributed by atoms with Gasteiger partial charge in [-0.3, -0.25) is 0 Å². The van der Waals surface area contributed by atoms with Crippen molar-refractivity contribution < 1.29 is 0 Å². The van der Waals surface area contributed by atoms with Gasteiger partial charge >= 0.3 is 0 Å². The molecule has 17 heavy (non-hydrogen) atoms. The van der Waals surface area contributed by atoms with E-state index in [1.807, 2.05) is 0 Å². The zero-order valence-corrected chi connectivity index (χ0v) is 10.8. The van der Waals surface area contributed by atoms with E-state index in [4.69, 9.17) is 5.73 Å². The molecule has 0 aromatic heterocycles. The van der Waals surface area contributed by atoms with Gasteiger partial charge in [-0.15, -0.1) is 0 Å². The van der Waals surface area contributed by atoms with Crippen LogP contribution in [0.25, 0.3) is 0 Å². The Bertz CT molecular complexity index is 299. The Hall–Kier alpha value is -0.820. The molecule has 0 radical (unpaired) electrons. The van der Waals surface area contributed by atoms with E-state index >= 15 is 0 Å². The van der Waals surface area contributed by atoms with E-state index < -0.39 is 0 Å². The van der Waals surface area contributed by atoms with Crippen LogP contribution in [0.1, 0.15) is 63.0 Å². The van der Waals surface area contributed by atoms with Gasteiger partial charge in [0.2, 0.25) is 0 Å².